The molecule has 3 nitrogen and oxygen atoms in total. The molecular formula is C25H38O3. The number of hydrogen-bond donors (Lipinski definition) is 0. The molecule has 0 saturated heterocycles. The second-order valence-corrected chi connectivity index (χ2v) is 11.0. The fourth-order valence-corrected chi connectivity index (χ4v) is 7.70. The van der Waals surface area contributed by atoms with E-state index >= 15 is 0 Å². The molecule has 4 aliphatic carbocycles. The quantitative estimate of drug-likeness (QED) is 0.460. The van der Waals surface area contributed by atoms with E-state index in [1.54, 1.807) is 5.57 Å². The zero-order valence-corrected chi connectivity index (χ0v) is 18.4. The van der Waals surface area contributed by atoms with Crippen molar-refractivity contribution >= 4 is 11.8 Å². The maximum absolute atomic E-state index is 12.3. The number of allylic oxidation sites excluding steroid dienone is 1. The minimum atomic E-state index is -0.0578. The van der Waals surface area contributed by atoms with Gasteiger partial charge in [-0.15, -0.1) is 0 Å². The molecule has 28 heavy (non-hydrogen) atoms. The molecule has 7 atom stereocenters. The maximum Gasteiger partial charge on any atom is 0.308 e. The van der Waals surface area contributed by atoms with Crippen molar-refractivity contribution in [3.63, 3.8) is 0 Å². The fraction of sp³-hybridized carbons (Fsp3) is 0.840. The van der Waals surface area contributed by atoms with E-state index < -0.39 is 0 Å². The molecule has 156 valence electrons. The van der Waals surface area contributed by atoms with Crippen molar-refractivity contribution in [2.75, 3.05) is 0 Å². The molecule has 0 amide bonds. The number of Topliss-reactive ketones (excluding diaryl/α,β-unsaturated/α-hetero) is 1. The second-order valence-electron chi connectivity index (χ2n) is 11.0. The predicted molar refractivity (Wildman–Crippen MR) is 111 cm³/mol. The topological polar surface area (TPSA) is 43.4 Å². The summed E-state index contributed by atoms with van der Waals surface area (Å²) in [5.74, 6) is 2.75. The van der Waals surface area contributed by atoms with E-state index in [9.17, 15) is 9.59 Å². The van der Waals surface area contributed by atoms with Crippen molar-refractivity contribution in [3.05, 3.63) is 11.6 Å². The molecule has 0 radical (unpaired) electrons. The van der Waals surface area contributed by atoms with Crippen molar-refractivity contribution in [1.82, 2.24) is 0 Å². The Morgan fingerprint density at radius 2 is 1.82 bits per heavy atom. The molecule has 0 heterocycles. The molecule has 3 fully saturated rings. The molecule has 3 heteroatoms. The molecule has 0 aromatic carbocycles. The van der Waals surface area contributed by atoms with Gasteiger partial charge in [0.1, 0.15) is 11.9 Å². The van der Waals surface area contributed by atoms with Gasteiger partial charge in [-0.1, -0.05) is 39.3 Å². The lowest BCUT2D eigenvalue weighted by Crippen LogP contribution is -2.51. The smallest absolute Gasteiger partial charge is 0.308 e. The van der Waals surface area contributed by atoms with Crippen molar-refractivity contribution in [2.24, 2.45) is 40.4 Å². The predicted octanol–water partition coefficient (Wildman–Crippen LogP) is 5.72. The Morgan fingerprint density at radius 1 is 1.07 bits per heavy atom. The highest BCUT2D eigenvalue weighted by atomic mass is 16.5. The molecule has 0 unspecified atom stereocenters. The van der Waals surface area contributed by atoms with Gasteiger partial charge in [0, 0.05) is 12.3 Å². The highest BCUT2D eigenvalue weighted by Crippen LogP contribution is 2.66. The van der Waals surface area contributed by atoms with Crippen LogP contribution < -0.4 is 0 Å². The Bertz CT molecular complexity index is 692. The Balaban J connectivity index is 1.54. The first-order chi connectivity index (χ1) is 13.2. The first kappa shape index (κ1) is 20.2. The molecule has 0 N–H and O–H groups in total. The largest absolute Gasteiger partial charge is 0.462 e. The second kappa shape index (κ2) is 6.99. The minimum absolute atomic E-state index is 0.0503. The number of esters is 1. The van der Waals surface area contributed by atoms with E-state index in [0.717, 1.165) is 43.9 Å². The standard InChI is InChI=1S/C25H38O3/c1-15(2)23(27)28-18-10-12-24(4)17(14-18)6-7-19-21-9-8-20(16(3)26)25(21,5)13-11-22(19)24/h6,15,18-22H,7-14H2,1-5H3/t18-,19+,20-,21+,22+,24+,25-/m1/s1. The van der Waals surface area contributed by atoms with Crippen LogP contribution in [0.15, 0.2) is 11.6 Å². The maximum atomic E-state index is 12.3. The normalized spacial score (nSPS) is 44.9. The number of carbonyl (C=O) groups is 2. The number of rotatable bonds is 3. The van der Waals surface area contributed by atoms with Crippen molar-refractivity contribution in [2.45, 2.75) is 92.1 Å². The first-order valence-corrected chi connectivity index (χ1v) is 11.6. The highest BCUT2D eigenvalue weighted by molar-refractivity contribution is 5.79. The van der Waals surface area contributed by atoms with Crippen molar-refractivity contribution in [1.29, 1.82) is 0 Å². The molecule has 0 aromatic rings. The summed E-state index contributed by atoms with van der Waals surface area (Å²) >= 11 is 0. The number of carbonyl (C=O) groups excluding carboxylic acids is 2. The number of ether oxygens (including phenoxy) is 1. The molecular weight excluding hydrogens is 348 g/mol. The van der Waals surface area contributed by atoms with Crippen molar-refractivity contribution in [3.8, 4) is 0 Å². The number of fused-ring (bicyclic) bond motifs is 5. The third kappa shape index (κ3) is 2.99. The Kier molecular flexibility index (Phi) is 5.03. The van der Waals surface area contributed by atoms with E-state index in [2.05, 4.69) is 19.9 Å². The van der Waals surface area contributed by atoms with Crippen LogP contribution in [0.3, 0.4) is 0 Å². The summed E-state index contributed by atoms with van der Waals surface area (Å²) in [5, 5.41) is 0. The molecule has 0 spiro atoms. The van der Waals surface area contributed by atoms with E-state index in [4.69, 9.17) is 4.74 Å². The molecule has 0 bridgehead atoms. The highest BCUT2D eigenvalue weighted by Gasteiger charge is 2.59. The summed E-state index contributed by atoms with van der Waals surface area (Å²) in [6, 6.07) is 0. The summed E-state index contributed by atoms with van der Waals surface area (Å²) in [6.45, 7) is 10.5. The van der Waals surface area contributed by atoms with Gasteiger partial charge in [-0.3, -0.25) is 9.59 Å². The summed E-state index contributed by atoms with van der Waals surface area (Å²) in [6.07, 6.45) is 11.6. The number of hydrogen-bond acceptors (Lipinski definition) is 3. The minimum Gasteiger partial charge on any atom is -0.462 e. The molecule has 0 aromatic heterocycles. The number of ketones is 1. The van der Waals surface area contributed by atoms with Gasteiger partial charge in [0.2, 0.25) is 0 Å². The zero-order chi connectivity index (χ0) is 20.3. The van der Waals surface area contributed by atoms with E-state index in [1.807, 2.05) is 20.8 Å². The van der Waals surface area contributed by atoms with Gasteiger partial charge in [-0.2, -0.15) is 0 Å². The summed E-state index contributed by atoms with van der Waals surface area (Å²) in [4.78, 5) is 24.3. The molecule has 4 aliphatic rings. The Morgan fingerprint density at radius 3 is 2.50 bits per heavy atom. The van der Waals surface area contributed by atoms with Crippen LogP contribution in [0.1, 0.15) is 86.0 Å². The van der Waals surface area contributed by atoms with Gasteiger partial charge >= 0.3 is 5.97 Å². The lowest BCUT2D eigenvalue weighted by atomic mass is 9.47. The van der Waals surface area contributed by atoms with Gasteiger partial charge in [0.05, 0.1) is 5.92 Å². The van der Waals surface area contributed by atoms with Gasteiger partial charge in [-0.25, -0.2) is 0 Å². The Labute approximate surface area is 170 Å². The summed E-state index contributed by atoms with van der Waals surface area (Å²) in [5.41, 5.74) is 2.03. The average Bonchev–Trinajstić information content (AvgIpc) is 2.99. The molecule has 4 rings (SSSR count). The molecule has 0 aliphatic heterocycles. The monoisotopic (exact) mass is 386 g/mol. The summed E-state index contributed by atoms with van der Waals surface area (Å²) in [7, 11) is 0. The summed E-state index contributed by atoms with van der Waals surface area (Å²) < 4.78 is 5.79. The SMILES string of the molecule is CC(=O)[C@H]1CC[C@H]2[C@@H]3CC=C4C[C@H](OC(=O)C(C)C)CC[C@]4(C)[C@H]3CC[C@]12C. The van der Waals surface area contributed by atoms with Crippen LogP contribution in [0.4, 0.5) is 0 Å². The van der Waals surface area contributed by atoms with Crippen LogP contribution in [0, 0.1) is 40.4 Å². The van der Waals surface area contributed by atoms with E-state index in [1.165, 1.54) is 19.3 Å². The average molecular weight is 387 g/mol. The van der Waals surface area contributed by atoms with Gasteiger partial charge in [-0.05, 0) is 80.5 Å². The van der Waals surface area contributed by atoms with Crippen LogP contribution in [0.25, 0.3) is 0 Å². The van der Waals surface area contributed by atoms with Crippen LogP contribution >= 0.6 is 0 Å². The van der Waals surface area contributed by atoms with Gasteiger partial charge < -0.3 is 4.74 Å². The lowest BCUT2D eigenvalue weighted by molar-refractivity contribution is -0.155. The molecule has 3 saturated carbocycles. The third-order valence-corrected chi connectivity index (χ3v) is 9.30. The zero-order valence-electron chi connectivity index (χ0n) is 18.4. The van der Waals surface area contributed by atoms with Gasteiger partial charge in [0.15, 0.2) is 0 Å². The van der Waals surface area contributed by atoms with Crippen LogP contribution in [0.2, 0.25) is 0 Å². The fourth-order valence-electron chi connectivity index (χ4n) is 7.70. The van der Waals surface area contributed by atoms with Crippen LogP contribution in [-0.4, -0.2) is 17.9 Å². The van der Waals surface area contributed by atoms with Gasteiger partial charge in [0.25, 0.3) is 0 Å². The lowest BCUT2D eigenvalue weighted by Gasteiger charge is -2.58. The van der Waals surface area contributed by atoms with E-state index in [0.29, 0.717) is 11.7 Å². The van der Waals surface area contributed by atoms with E-state index in [-0.39, 0.29) is 34.7 Å². The third-order valence-electron chi connectivity index (χ3n) is 9.30. The Hall–Kier alpha value is -1.12. The van der Waals surface area contributed by atoms with Crippen LogP contribution in [0.5, 0.6) is 0 Å². The van der Waals surface area contributed by atoms with Crippen molar-refractivity contribution < 1.29 is 14.3 Å². The van der Waals surface area contributed by atoms with Crippen LogP contribution in [-0.2, 0) is 14.3 Å². The first-order valence-electron chi connectivity index (χ1n) is 11.6.